The van der Waals surface area contributed by atoms with Gasteiger partial charge in [0.15, 0.2) is 0 Å². The molecule has 0 aromatic carbocycles. The molecule has 0 radical (unpaired) electrons. The summed E-state index contributed by atoms with van der Waals surface area (Å²) in [6.07, 6.45) is 6.35. The largest absolute Gasteiger partial charge is 0.356 e. The van der Waals surface area contributed by atoms with E-state index in [1.807, 2.05) is 6.92 Å². The highest BCUT2D eigenvalue weighted by Crippen LogP contribution is 2.20. The SMILES string of the molecule is CC(=O)NC(C)OC1CCCCC1. The Bertz CT molecular complexity index is 164. The maximum absolute atomic E-state index is 10.7. The summed E-state index contributed by atoms with van der Waals surface area (Å²) in [5.74, 6) is -0.0247. The molecule has 1 rings (SSSR count). The van der Waals surface area contributed by atoms with Gasteiger partial charge in [-0.3, -0.25) is 4.79 Å². The number of amides is 1. The number of hydrogen-bond acceptors (Lipinski definition) is 2. The van der Waals surface area contributed by atoms with Crippen LogP contribution in [0.25, 0.3) is 0 Å². The Morgan fingerprint density at radius 3 is 2.54 bits per heavy atom. The molecule has 1 N–H and O–H groups in total. The predicted molar refractivity (Wildman–Crippen MR) is 51.2 cm³/mol. The van der Waals surface area contributed by atoms with Gasteiger partial charge in [0.05, 0.1) is 6.10 Å². The van der Waals surface area contributed by atoms with Gasteiger partial charge in [0.1, 0.15) is 6.23 Å². The summed E-state index contributed by atoms with van der Waals surface area (Å²) >= 11 is 0. The molecule has 0 aliphatic heterocycles. The van der Waals surface area contributed by atoms with Crippen LogP contribution in [0.2, 0.25) is 0 Å². The molecule has 1 saturated carbocycles. The number of hydrogen-bond donors (Lipinski definition) is 1. The third kappa shape index (κ3) is 4.27. The van der Waals surface area contributed by atoms with Crippen molar-refractivity contribution in [2.75, 3.05) is 0 Å². The fraction of sp³-hybridized carbons (Fsp3) is 0.900. The van der Waals surface area contributed by atoms with Gasteiger partial charge in [-0.2, -0.15) is 0 Å². The average molecular weight is 185 g/mol. The van der Waals surface area contributed by atoms with Crippen LogP contribution in [0.5, 0.6) is 0 Å². The number of carbonyl (C=O) groups is 1. The molecule has 1 atom stereocenters. The van der Waals surface area contributed by atoms with Gasteiger partial charge >= 0.3 is 0 Å². The first-order valence-corrected chi connectivity index (χ1v) is 5.11. The lowest BCUT2D eigenvalue weighted by atomic mass is 9.98. The predicted octanol–water partition coefficient (Wildman–Crippen LogP) is 1.82. The Morgan fingerprint density at radius 1 is 1.38 bits per heavy atom. The second-order valence-corrected chi connectivity index (χ2v) is 3.74. The average Bonchev–Trinajstić information content (AvgIpc) is 2.04. The minimum atomic E-state index is -0.138. The van der Waals surface area contributed by atoms with Crippen LogP contribution in [0, 0.1) is 0 Å². The molecule has 0 bridgehead atoms. The van der Waals surface area contributed by atoms with Gasteiger partial charge in [0, 0.05) is 6.92 Å². The van der Waals surface area contributed by atoms with Gasteiger partial charge in [-0.15, -0.1) is 0 Å². The highest BCUT2D eigenvalue weighted by atomic mass is 16.5. The summed E-state index contributed by atoms with van der Waals surface area (Å²) in [6, 6.07) is 0. The summed E-state index contributed by atoms with van der Waals surface area (Å²) in [5.41, 5.74) is 0. The van der Waals surface area contributed by atoms with Crippen LogP contribution in [0.3, 0.4) is 0 Å². The van der Waals surface area contributed by atoms with Crippen molar-refractivity contribution in [3.63, 3.8) is 0 Å². The van der Waals surface area contributed by atoms with E-state index in [4.69, 9.17) is 4.74 Å². The molecule has 1 aliphatic rings. The summed E-state index contributed by atoms with van der Waals surface area (Å²) in [7, 11) is 0. The van der Waals surface area contributed by atoms with Crippen LogP contribution >= 0.6 is 0 Å². The molecule has 3 nitrogen and oxygen atoms in total. The number of nitrogens with one attached hydrogen (secondary N) is 1. The van der Waals surface area contributed by atoms with Crippen molar-refractivity contribution in [2.24, 2.45) is 0 Å². The standard InChI is InChI=1S/C10H19NO2/c1-8(12)11-9(2)13-10-6-4-3-5-7-10/h9-10H,3-7H2,1-2H3,(H,11,12). The number of carbonyl (C=O) groups excluding carboxylic acids is 1. The van der Waals surface area contributed by atoms with Gasteiger partial charge in [-0.05, 0) is 19.8 Å². The lowest BCUT2D eigenvalue weighted by molar-refractivity contribution is -0.125. The third-order valence-corrected chi connectivity index (χ3v) is 2.36. The minimum Gasteiger partial charge on any atom is -0.356 e. The monoisotopic (exact) mass is 185 g/mol. The molecule has 0 spiro atoms. The maximum Gasteiger partial charge on any atom is 0.218 e. The zero-order valence-electron chi connectivity index (χ0n) is 8.51. The van der Waals surface area contributed by atoms with Crippen LogP contribution in [0.4, 0.5) is 0 Å². The highest BCUT2D eigenvalue weighted by molar-refractivity contribution is 5.72. The molecular weight excluding hydrogens is 166 g/mol. The Balaban J connectivity index is 2.18. The van der Waals surface area contributed by atoms with Crippen molar-refractivity contribution in [1.82, 2.24) is 5.32 Å². The van der Waals surface area contributed by atoms with E-state index >= 15 is 0 Å². The summed E-state index contributed by atoms with van der Waals surface area (Å²) in [5, 5.41) is 2.73. The van der Waals surface area contributed by atoms with Crippen LogP contribution in [-0.2, 0) is 9.53 Å². The molecule has 0 heterocycles. The second kappa shape index (κ2) is 5.22. The fourth-order valence-corrected chi connectivity index (χ4v) is 1.81. The Labute approximate surface area is 79.8 Å². The van der Waals surface area contributed by atoms with E-state index in [9.17, 15) is 4.79 Å². The van der Waals surface area contributed by atoms with Crippen LogP contribution in [-0.4, -0.2) is 18.2 Å². The van der Waals surface area contributed by atoms with E-state index in [1.54, 1.807) is 0 Å². The molecule has 0 aromatic rings. The smallest absolute Gasteiger partial charge is 0.218 e. The van der Waals surface area contributed by atoms with Gasteiger partial charge in [0.2, 0.25) is 5.91 Å². The summed E-state index contributed by atoms with van der Waals surface area (Å²) in [4.78, 5) is 10.7. The molecule has 1 fully saturated rings. The van der Waals surface area contributed by atoms with Crippen molar-refractivity contribution in [3.8, 4) is 0 Å². The molecule has 0 aromatic heterocycles. The molecular formula is C10H19NO2. The van der Waals surface area contributed by atoms with Crippen molar-refractivity contribution in [2.45, 2.75) is 58.3 Å². The molecule has 3 heteroatoms. The maximum atomic E-state index is 10.7. The molecule has 1 aliphatic carbocycles. The summed E-state index contributed by atoms with van der Waals surface area (Å²) < 4.78 is 5.67. The number of ether oxygens (including phenoxy) is 1. The zero-order chi connectivity index (χ0) is 9.68. The molecule has 13 heavy (non-hydrogen) atoms. The molecule has 1 unspecified atom stereocenters. The Kier molecular flexibility index (Phi) is 4.22. The van der Waals surface area contributed by atoms with Gasteiger partial charge in [0.25, 0.3) is 0 Å². The summed E-state index contributed by atoms with van der Waals surface area (Å²) in [6.45, 7) is 3.40. The first-order valence-electron chi connectivity index (χ1n) is 5.11. The molecule has 76 valence electrons. The first kappa shape index (κ1) is 10.5. The van der Waals surface area contributed by atoms with Gasteiger partial charge in [-0.25, -0.2) is 0 Å². The fourth-order valence-electron chi connectivity index (χ4n) is 1.81. The van der Waals surface area contributed by atoms with E-state index in [0.717, 1.165) is 12.8 Å². The van der Waals surface area contributed by atoms with Crippen LogP contribution < -0.4 is 5.32 Å². The van der Waals surface area contributed by atoms with Gasteiger partial charge in [-0.1, -0.05) is 19.3 Å². The lowest BCUT2D eigenvalue weighted by Gasteiger charge is -2.25. The normalized spacial score (nSPS) is 21.1. The van der Waals surface area contributed by atoms with E-state index in [0.29, 0.717) is 6.10 Å². The van der Waals surface area contributed by atoms with Gasteiger partial charge < -0.3 is 10.1 Å². The quantitative estimate of drug-likeness (QED) is 0.681. The minimum absolute atomic E-state index is 0.0247. The Morgan fingerprint density at radius 2 is 2.00 bits per heavy atom. The Hall–Kier alpha value is -0.570. The second-order valence-electron chi connectivity index (χ2n) is 3.74. The van der Waals surface area contributed by atoms with Crippen molar-refractivity contribution < 1.29 is 9.53 Å². The van der Waals surface area contributed by atoms with E-state index < -0.39 is 0 Å². The first-order chi connectivity index (χ1) is 6.18. The van der Waals surface area contributed by atoms with Crippen molar-refractivity contribution >= 4 is 5.91 Å². The topological polar surface area (TPSA) is 38.3 Å². The third-order valence-electron chi connectivity index (χ3n) is 2.36. The molecule has 0 saturated heterocycles. The van der Waals surface area contributed by atoms with Crippen molar-refractivity contribution in [1.29, 1.82) is 0 Å². The van der Waals surface area contributed by atoms with E-state index in [-0.39, 0.29) is 12.1 Å². The van der Waals surface area contributed by atoms with Crippen LogP contribution in [0.15, 0.2) is 0 Å². The molecule has 1 amide bonds. The highest BCUT2D eigenvalue weighted by Gasteiger charge is 2.16. The zero-order valence-corrected chi connectivity index (χ0v) is 8.51. The van der Waals surface area contributed by atoms with Crippen molar-refractivity contribution in [3.05, 3.63) is 0 Å². The number of rotatable bonds is 3. The lowest BCUT2D eigenvalue weighted by Crippen LogP contribution is -2.36. The van der Waals surface area contributed by atoms with E-state index in [1.165, 1.54) is 26.2 Å². The van der Waals surface area contributed by atoms with Crippen LogP contribution in [0.1, 0.15) is 46.0 Å². The van der Waals surface area contributed by atoms with E-state index in [2.05, 4.69) is 5.32 Å².